The van der Waals surface area contributed by atoms with Crippen molar-refractivity contribution in [2.75, 3.05) is 13.1 Å². The van der Waals surface area contributed by atoms with E-state index in [1.807, 2.05) is 6.07 Å². The maximum Gasteiger partial charge on any atom is 0.262 e. The lowest BCUT2D eigenvalue weighted by Crippen LogP contribution is -2.66. The number of nitrogens with two attached hydrogens (primary N) is 1. The Labute approximate surface area is 174 Å². The number of rotatable bonds is 4. The molecule has 1 aromatic rings. The van der Waals surface area contributed by atoms with E-state index in [0.717, 1.165) is 29.8 Å². The quantitative estimate of drug-likeness (QED) is 0.710. The molecule has 30 heavy (non-hydrogen) atoms. The van der Waals surface area contributed by atoms with Gasteiger partial charge in [0.15, 0.2) is 0 Å². The lowest BCUT2D eigenvalue weighted by Gasteiger charge is -2.59. The van der Waals surface area contributed by atoms with Crippen LogP contribution in [0, 0.1) is 5.92 Å². The number of carbonyl (C=O) groups is 4. The van der Waals surface area contributed by atoms with E-state index in [0.29, 0.717) is 30.1 Å². The van der Waals surface area contributed by atoms with E-state index < -0.39 is 23.8 Å². The zero-order valence-corrected chi connectivity index (χ0v) is 16.9. The van der Waals surface area contributed by atoms with Gasteiger partial charge in [-0.15, -0.1) is 0 Å². The minimum Gasteiger partial charge on any atom is -0.329 e. The first-order valence-electron chi connectivity index (χ1n) is 10.7. The number of imide groups is 2. The first kappa shape index (κ1) is 19.4. The average Bonchev–Trinajstić information content (AvgIpc) is 2.96. The minimum atomic E-state index is -0.940. The van der Waals surface area contributed by atoms with Crippen LogP contribution in [0.3, 0.4) is 0 Å². The summed E-state index contributed by atoms with van der Waals surface area (Å²) in [6.45, 7) is 2.09. The molecule has 0 aromatic heterocycles. The second-order valence-electron chi connectivity index (χ2n) is 8.89. The SMILES string of the molecule is NCC12CCC1CCCN2Cc1cccc2c1C(=O)N(C1CCC(=O)NC1=O)C2=O. The van der Waals surface area contributed by atoms with Gasteiger partial charge >= 0.3 is 0 Å². The first-order chi connectivity index (χ1) is 14.5. The smallest absolute Gasteiger partial charge is 0.262 e. The highest BCUT2D eigenvalue weighted by Crippen LogP contribution is 2.49. The molecule has 0 spiro atoms. The molecule has 2 saturated heterocycles. The van der Waals surface area contributed by atoms with Crippen LogP contribution >= 0.6 is 0 Å². The molecule has 5 rings (SSSR count). The van der Waals surface area contributed by atoms with E-state index in [2.05, 4.69) is 10.2 Å². The Kier molecular flexibility index (Phi) is 4.52. The van der Waals surface area contributed by atoms with Crippen LogP contribution in [0.25, 0.3) is 0 Å². The molecule has 4 amide bonds. The number of hydrogen-bond acceptors (Lipinski definition) is 6. The summed E-state index contributed by atoms with van der Waals surface area (Å²) in [5.74, 6) is -1.26. The van der Waals surface area contributed by atoms with E-state index >= 15 is 0 Å². The van der Waals surface area contributed by atoms with Crippen molar-refractivity contribution in [2.24, 2.45) is 11.7 Å². The summed E-state index contributed by atoms with van der Waals surface area (Å²) < 4.78 is 0. The third-order valence-electron chi connectivity index (χ3n) is 7.57. The number of likely N-dealkylation sites (tertiary alicyclic amines) is 1. The van der Waals surface area contributed by atoms with Crippen molar-refractivity contribution in [3.8, 4) is 0 Å². The number of nitrogens with one attached hydrogen (secondary N) is 1. The van der Waals surface area contributed by atoms with Crippen molar-refractivity contribution in [1.82, 2.24) is 15.1 Å². The largest absolute Gasteiger partial charge is 0.329 e. The Bertz CT molecular complexity index is 956. The fourth-order valence-corrected chi connectivity index (χ4v) is 5.82. The number of nitrogens with zero attached hydrogens (tertiary/aromatic N) is 2. The van der Waals surface area contributed by atoms with Gasteiger partial charge in [-0.1, -0.05) is 12.1 Å². The van der Waals surface area contributed by atoms with Gasteiger partial charge in [0.1, 0.15) is 6.04 Å². The summed E-state index contributed by atoms with van der Waals surface area (Å²) in [5.41, 5.74) is 7.72. The molecule has 158 valence electrons. The zero-order chi connectivity index (χ0) is 21.0. The van der Waals surface area contributed by atoms with E-state index in [1.54, 1.807) is 12.1 Å². The van der Waals surface area contributed by atoms with Crippen LogP contribution in [0.15, 0.2) is 18.2 Å². The molecule has 3 N–H and O–H groups in total. The molecule has 3 heterocycles. The summed E-state index contributed by atoms with van der Waals surface area (Å²) in [7, 11) is 0. The molecule has 3 fully saturated rings. The molecule has 3 atom stereocenters. The predicted molar refractivity (Wildman–Crippen MR) is 107 cm³/mol. The summed E-state index contributed by atoms with van der Waals surface area (Å²) in [4.78, 5) is 53.5. The number of hydrogen-bond donors (Lipinski definition) is 2. The highest BCUT2D eigenvalue weighted by molar-refractivity contribution is 6.24. The van der Waals surface area contributed by atoms with E-state index in [9.17, 15) is 19.2 Å². The number of benzene rings is 1. The Balaban J connectivity index is 1.45. The van der Waals surface area contributed by atoms with Crippen LogP contribution in [0.1, 0.15) is 64.8 Å². The Morgan fingerprint density at radius 3 is 2.63 bits per heavy atom. The summed E-state index contributed by atoms with van der Waals surface area (Å²) in [6, 6.07) is 4.39. The van der Waals surface area contributed by atoms with E-state index in [1.165, 1.54) is 12.8 Å². The maximum atomic E-state index is 13.3. The summed E-state index contributed by atoms with van der Waals surface area (Å²) >= 11 is 0. The van der Waals surface area contributed by atoms with Gasteiger partial charge in [0.05, 0.1) is 11.1 Å². The highest BCUT2D eigenvalue weighted by atomic mass is 16.2. The fourth-order valence-electron chi connectivity index (χ4n) is 5.82. The van der Waals surface area contributed by atoms with Gasteiger partial charge in [-0.3, -0.25) is 34.3 Å². The van der Waals surface area contributed by atoms with Gasteiger partial charge in [-0.05, 0) is 56.2 Å². The van der Waals surface area contributed by atoms with Crippen molar-refractivity contribution in [3.05, 3.63) is 34.9 Å². The molecule has 1 aliphatic carbocycles. The molecule has 0 radical (unpaired) electrons. The topological polar surface area (TPSA) is 113 Å². The molecule has 8 heteroatoms. The lowest BCUT2D eigenvalue weighted by molar-refractivity contribution is -0.136. The van der Waals surface area contributed by atoms with Crippen LogP contribution in [-0.4, -0.2) is 58.1 Å². The number of carbonyl (C=O) groups excluding carboxylic acids is 4. The van der Waals surface area contributed by atoms with E-state index in [4.69, 9.17) is 5.73 Å². The van der Waals surface area contributed by atoms with Crippen LogP contribution in [0.5, 0.6) is 0 Å². The highest BCUT2D eigenvalue weighted by Gasteiger charge is 2.52. The van der Waals surface area contributed by atoms with Gasteiger partial charge in [0, 0.05) is 25.0 Å². The molecule has 3 unspecified atom stereocenters. The summed E-state index contributed by atoms with van der Waals surface area (Å²) in [6.07, 6.45) is 4.85. The Morgan fingerprint density at radius 1 is 1.10 bits per heavy atom. The Morgan fingerprint density at radius 2 is 1.93 bits per heavy atom. The fraction of sp³-hybridized carbons (Fsp3) is 0.545. The van der Waals surface area contributed by atoms with Crippen LogP contribution in [0.4, 0.5) is 0 Å². The van der Waals surface area contributed by atoms with Crippen LogP contribution in [-0.2, 0) is 16.1 Å². The average molecular weight is 410 g/mol. The number of fused-ring (bicyclic) bond motifs is 2. The Hall–Kier alpha value is -2.58. The monoisotopic (exact) mass is 410 g/mol. The number of amides is 4. The molecule has 4 aliphatic rings. The normalized spacial score (nSPS) is 31.3. The van der Waals surface area contributed by atoms with Crippen molar-refractivity contribution in [3.63, 3.8) is 0 Å². The van der Waals surface area contributed by atoms with Gasteiger partial charge in [-0.25, -0.2) is 0 Å². The van der Waals surface area contributed by atoms with Crippen molar-refractivity contribution >= 4 is 23.6 Å². The third-order valence-corrected chi connectivity index (χ3v) is 7.57. The molecular weight excluding hydrogens is 384 g/mol. The van der Waals surface area contributed by atoms with E-state index in [-0.39, 0.29) is 24.3 Å². The van der Waals surface area contributed by atoms with Crippen molar-refractivity contribution in [1.29, 1.82) is 0 Å². The molecule has 0 bridgehead atoms. The van der Waals surface area contributed by atoms with Gasteiger partial charge in [0.25, 0.3) is 11.8 Å². The molecule has 1 aromatic carbocycles. The number of piperidine rings is 2. The van der Waals surface area contributed by atoms with Crippen LogP contribution < -0.4 is 11.1 Å². The molecule has 3 aliphatic heterocycles. The molecule has 1 saturated carbocycles. The van der Waals surface area contributed by atoms with Crippen molar-refractivity contribution in [2.45, 2.75) is 56.7 Å². The summed E-state index contributed by atoms with van der Waals surface area (Å²) in [5, 5.41) is 2.24. The maximum absolute atomic E-state index is 13.3. The zero-order valence-electron chi connectivity index (χ0n) is 16.9. The predicted octanol–water partition coefficient (Wildman–Crippen LogP) is 0.791. The second kappa shape index (κ2) is 6.99. The lowest BCUT2D eigenvalue weighted by atomic mass is 9.61. The minimum absolute atomic E-state index is 0.00403. The first-order valence-corrected chi connectivity index (χ1v) is 10.7. The van der Waals surface area contributed by atoms with Crippen molar-refractivity contribution < 1.29 is 19.2 Å². The molecular formula is C22H26N4O4. The van der Waals surface area contributed by atoms with Gasteiger partial charge in [-0.2, -0.15) is 0 Å². The second-order valence-corrected chi connectivity index (χ2v) is 8.89. The van der Waals surface area contributed by atoms with Gasteiger partial charge in [0.2, 0.25) is 11.8 Å². The standard InChI is InChI=1S/C22H26N4O4/c23-12-22-9-8-14(22)4-2-10-25(22)11-13-3-1-5-15-18(13)21(30)26(20(15)29)16-6-7-17(27)24-19(16)28/h1,3,5,14,16H,2,4,6-12,23H2,(H,24,27,28). The molecule has 8 nitrogen and oxygen atoms in total. The van der Waals surface area contributed by atoms with Gasteiger partial charge < -0.3 is 5.73 Å². The third kappa shape index (κ3) is 2.66. The van der Waals surface area contributed by atoms with Crippen LogP contribution in [0.2, 0.25) is 0 Å².